The molecule has 0 saturated heterocycles. The van der Waals surface area contributed by atoms with E-state index in [4.69, 9.17) is 0 Å². The summed E-state index contributed by atoms with van der Waals surface area (Å²) in [4.78, 5) is 11.8. The molecule has 0 bridgehead atoms. The highest BCUT2D eigenvalue weighted by atomic mass is 16.1. The van der Waals surface area contributed by atoms with E-state index < -0.39 is 0 Å². The number of benzene rings is 1. The summed E-state index contributed by atoms with van der Waals surface area (Å²) in [5, 5.41) is 11.5. The van der Waals surface area contributed by atoms with Crippen LogP contribution in [-0.4, -0.2) is 27.2 Å². The Morgan fingerprint density at radius 1 is 1.17 bits per heavy atom. The number of aromatic nitrogens is 3. The fourth-order valence-electron chi connectivity index (χ4n) is 2.82. The predicted octanol–water partition coefficient (Wildman–Crippen LogP) is 2.38. The Hall–Kier alpha value is -2.43. The summed E-state index contributed by atoms with van der Waals surface area (Å²) < 4.78 is 2.22. The first-order valence-electron chi connectivity index (χ1n) is 8.25. The van der Waals surface area contributed by atoms with Crippen molar-refractivity contribution in [2.75, 3.05) is 6.54 Å². The number of carbonyl (C=O) groups is 1. The van der Waals surface area contributed by atoms with Crippen molar-refractivity contribution in [1.82, 2.24) is 20.1 Å². The molecule has 0 atom stereocenters. The van der Waals surface area contributed by atoms with E-state index in [2.05, 4.69) is 20.1 Å². The zero-order valence-corrected chi connectivity index (χ0v) is 13.2. The van der Waals surface area contributed by atoms with Crippen molar-refractivity contribution in [3.8, 4) is 0 Å². The van der Waals surface area contributed by atoms with Crippen LogP contribution in [0.1, 0.15) is 36.5 Å². The molecule has 0 saturated carbocycles. The highest BCUT2D eigenvalue weighted by molar-refractivity contribution is 5.91. The van der Waals surface area contributed by atoms with Gasteiger partial charge in [0.05, 0.1) is 0 Å². The molecule has 23 heavy (non-hydrogen) atoms. The summed E-state index contributed by atoms with van der Waals surface area (Å²) in [5.74, 6) is 1.99. The van der Waals surface area contributed by atoms with Crippen molar-refractivity contribution < 1.29 is 4.79 Å². The van der Waals surface area contributed by atoms with Crippen molar-refractivity contribution in [2.24, 2.45) is 0 Å². The van der Waals surface area contributed by atoms with E-state index in [1.807, 2.05) is 36.4 Å². The van der Waals surface area contributed by atoms with E-state index in [1.165, 1.54) is 19.3 Å². The SMILES string of the molecule is O=C(/C=C/c1ccccc1)NCCc1nnc2n1CCCCC2. The van der Waals surface area contributed by atoms with E-state index in [1.54, 1.807) is 6.08 Å². The second-order valence-corrected chi connectivity index (χ2v) is 5.78. The topological polar surface area (TPSA) is 59.8 Å². The van der Waals surface area contributed by atoms with Gasteiger partial charge in [0.2, 0.25) is 5.91 Å². The standard InChI is InChI=1S/C18H22N4O/c23-18(11-10-15-7-3-1-4-8-15)19-13-12-17-21-20-16-9-5-2-6-14-22(16)17/h1,3-4,7-8,10-11H,2,5-6,9,12-14H2,(H,19,23)/b11-10+. The Morgan fingerprint density at radius 2 is 2.04 bits per heavy atom. The van der Waals surface area contributed by atoms with Crippen LogP contribution >= 0.6 is 0 Å². The highest BCUT2D eigenvalue weighted by Gasteiger charge is 2.14. The first kappa shape index (κ1) is 15.5. The number of hydrogen-bond donors (Lipinski definition) is 1. The van der Waals surface area contributed by atoms with Crippen LogP contribution in [0, 0.1) is 0 Å². The maximum Gasteiger partial charge on any atom is 0.244 e. The Morgan fingerprint density at radius 3 is 2.91 bits per heavy atom. The highest BCUT2D eigenvalue weighted by Crippen LogP contribution is 2.14. The molecule has 0 spiro atoms. The van der Waals surface area contributed by atoms with Crippen molar-refractivity contribution in [1.29, 1.82) is 0 Å². The summed E-state index contributed by atoms with van der Waals surface area (Å²) in [6.45, 7) is 1.58. The molecule has 1 aliphatic heterocycles. The van der Waals surface area contributed by atoms with Gasteiger partial charge in [-0.3, -0.25) is 4.79 Å². The van der Waals surface area contributed by atoms with Crippen LogP contribution in [0.15, 0.2) is 36.4 Å². The zero-order valence-electron chi connectivity index (χ0n) is 13.2. The van der Waals surface area contributed by atoms with E-state index >= 15 is 0 Å². The van der Waals surface area contributed by atoms with Gasteiger partial charge in [-0.25, -0.2) is 0 Å². The third kappa shape index (κ3) is 4.28. The van der Waals surface area contributed by atoms with Crippen LogP contribution in [0.5, 0.6) is 0 Å². The molecule has 120 valence electrons. The molecule has 1 aliphatic rings. The number of nitrogens with one attached hydrogen (secondary N) is 1. The molecule has 2 heterocycles. The van der Waals surface area contributed by atoms with Gasteiger partial charge in [-0.15, -0.1) is 10.2 Å². The lowest BCUT2D eigenvalue weighted by Gasteiger charge is -2.07. The molecule has 5 nitrogen and oxygen atoms in total. The smallest absolute Gasteiger partial charge is 0.244 e. The maximum atomic E-state index is 11.8. The largest absolute Gasteiger partial charge is 0.352 e. The van der Waals surface area contributed by atoms with Crippen LogP contribution in [0.3, 0.4) is 0 Å². The van der Waals surface area contributed by atoms with Crippen molar-refractivity contribution >= 4 is 12.0 Å². The van der Waals surface area contributed by atoms with Gasteiger partial charge < -0.3 is 9.88 Å². The average molecular weight is 310 g/mol. The van der Waals surface area contributed by atoms with Gasteiger partial charge in [0.1, 0.15) is 11.6 Å². The minimum atomic E-state index is -0.0792. The number of carbonyl (C=O) groups excluding carboxylic acids is 1. The normalized spacial score (nSPS) is 14.4. The average Bonchev–Trinajstić information content (AvgIpc) is 2.81. The lowest BCUT2D eigenvalue weighted by Crippen LogP contribution is -2.24. The molecule has 1 amide bonds. The van der Waals surface area contributed by atoms with Crippen LogP contribution in [-0.2, 0) is 24.2 Å². The first-order valence-corrected chi connectivity index (χ1v) is 8.25. The predicted molar refractivity (Wildman–Crippen MR) is 89.8 cm³/mol. The van der Waals surface area contributed by atoms with Crippen molar-refractivity contribution in [3.05, 3.63) is 53.6 Å². The summed E-state index contributed by atoms with van der Waals surface area (Å²) in [6.07, 6.45) is 8.75. The third-order valence-corrected chi connectivity index (χ3v) is 4.06. The van der Waals surface area contributed by atoms with E-state index in [-0.39, 0.29) is 5.91 Å². The van der Waals surface area contributed by atoms with Gasteiger partial charge in [-0.05, 0) is 24.5 Å². The summed E-state index contributed by atoms with van der Waals surface area (Å²) >= 11 is 0. The van der Waals surface area contributed by atoms with Gasteiger partial charge in [0.15, 0.2) is 0 Å². The van der Waals surface area contributed by atoms with Crippen molar-refractivity contribution in [3.63, 3.8) is 0 Å². The number of nitrogens with zero attached hydrogens (tertiary/aromatic N) is 3. The summed E-state index contributed by atoms with van der Waals surface area (Å²) in [5.41, 5.74) is 1.02. The third-order valence-electron chi connectivity index (χ3n) is 4.06. The molecule has 1 aromatic heterocycles. The quantitative estimate of drug-likeness (QED) is 0.863. The molecule has 0 fully saturated rings. The molecular formula is C18H22N4O. The van der Waals surface area contributed by atoms with Gasteiger partial charge >= 0.3 is 0 Å². The Labute approximate surface area is 136 Å². The molecule has 5 heteroatoms. The maximum absolute atomic E-state index is 11.8. The second-order valence-electron chi connectivity index (χ2n) is 5.78. The molecule has 2 aromatic rings. The molecular weight excluding hydrogens is 288 g/mol. The molecule has 0 unspecified atom stereocenters. The van der Waals surface area contributed by atoms with Gasteiger partial charge in [0, 0.05) is 32.0 Å². The molecule has 1 aromatic carbocycles. The summed E-state index contributed by atoms with van der Waals surface area (Å²) in [6, 6.07) is 9.80. The monoisotopic (exact) mass is 310 g/mol. The Balaban J connectivity index is 1.49. The number of hydrogen-bond acceptors (Lipinski definition) is 3. The zero-order chi connectivity index (χ0) is 15.9. The van der Waals surface area contributed by atoms with Crippen LogP contribution in [0.2, 0.25) is 0 Å². The number of fused-ring (bicyclic) bond motifs is 1. The Bertz CT molecular complexity index is 676. The van der Waals surface area contributed by atoms with Gasteiger partial charge in [-0.1, -0.05) is 36.8 Å². The minimum Gasteiger partial charge on any atom is -0.352 e. The van der Waals surface area contributed by atoms with Crippen LogP contribution in [0.25, 0.3) is 6.08 Å². The van der Waals surface area contributed by atoms with Gasteiger partial charge in [-0.2, -0.15) is 0 Å². The Kier molecular flexibility index (Phi) is 5.19. The number of rotatable bonds is 5. The van der Waals surface area contributed by atoms with E-state index in [0.717, 1.165) is 36.6 Å². The number of amides is 1. The molecule has 0 radical (unpaired) electrons. The molecule has 0 aliphatic carbocycles. The molecule has 1 N–H and O–H groups in total. The fourth-order valence-corrected chi connectivity index (χ4v) is 2.82. The lowest BCUT2D eigenvalue weighted by molar-refractivity contribution is -0.116. The lowest BCUT2D eigenvalue weighted by atomic mass is 10.2. The van der Waals surface area contributed by atoms with Crippen LogP contribution < -0.4 is 5.32 Å². The van der Waals surface area contributed by atoms with Crippen molar-refractivity contribution in [2.45, 2.75) is 38.6 Å². The van der Waals surface area contributed by atoms with Gasteiger partial charge in [0.25, 0.3) is 0 Å². The minimum absolute atomic E-state index is 0.0792. The van der Waals surface area contributed by atoms with Crippen LogP contribution in [0.4, 0.5) is 0 Å². The fraction of sp³-hybridized carbons (Fsp3) is 0.389. The molecule has 3 rings (SSSR count). The first-order chi connectivity index (χ1) is 11.3. The number of aryl methyl sites for hydroxylation is 1. The van der Waals surface area contributed by atoms with E-state index in [0.29, 0.717) is 6.54 Å². The van der Waals surface area contributed by atoms with E-state index in [9.17, 15) is 4.79 Å². The second kappa shape index (κ2) is 7.72. The summed E-state index contributed by atoms with van der Waals surface area (Å²) in [7, 11) is 0.